The summed E-state index contributed by atoms with van der Waals surface area (Å²) in [5.74, 6) is 0. The molecule has 0 saturated heterocycles. The van der Waals surface area contributed by atoms with Crippen LogP contribution < -0.4 is 0 Å². The molecule has 0 aliphatic heterocycles. The number of thiophene rings is 2. The molecule has 0 bridgehead atoms. The van der Waals surface area contributed by atoms with Crippen molar-refractivity contribution in [2.45, 2.75) is 27.7 Å². The summed E-state index contributed by atoms with van der Waals surface area (Å²) >= 11 is 3.78. The fourth-order valence-corrected chi connectivity index (χ4v) is 15.5. The summed E-state index contributed by atoms with van der Waals surface area (Å²) in [5.41, 5.74) is 20.6. The topological polar surface area (TPSA) is 0 Å². The van der Waals surface area contributed by atoms with Crippen molar-refractivity contribution >= 4 is 106 Å². The third-order valence-corrected chi connectivity index (χ3v) is 19.3. The van der Waals surface area contributed by atoms with Gasteiger partial charge in [0, 0.05) is 40.3 Å². The van der Waals surface area contributed by atoms with Gasteiger partial charge in [-0.2, -0.15) is 0 Å². The Morgan fingerprint density at radius 2 is 0.585 bits per heavy atom. The van der Waals surface area contributed by atoms with E-state index >= 15 is 0 Å². The van der Waals surface area contributed by atoms with Crippen molar-refractivity contribution in [3.8, 4) is 66.8 Å². The van der Waals surface area contributed by atoms with E-state index < -0.39 is 0 Å². The van der Waals surface area contributed by atoms with Gasteiger partial charge in [-0.1, -0.05) is 242 Å². The molecule has 2 heterocycles. The highest BCUT2D eigenvalue weighted by molar-refractivity contribution is 7.26. The van der Waals surface area contributed by atoms with Gasteiger partial charge in [-0.3, -0.25) is 0 Å². The molecule has 0 atom stereocenters. The molecule has 2 heteroatoms. The first-order valence-corrected chi connectivity index (χ1v) is 30.0. The molecule has 0 aliphatic rings. The smallest absolute Gasteiger partial charge is 0.0433 e. The normalized spacial score (nSPS) is 11.7. The number of rotatable bonds is 6. The first-order chi connectivity index (χ1) is 40.3. The second-order valence-electron chi connectivity index (χ2n) is 22.2. The molecule has 388 valence electrons. The maximum Gasteiger partial charge on any atom is 0.0433 e. The molecule has 82 heavy (non-hydrogen) atoms. The highest BCUT2D eigenvalue weighted by Gasteiger charge is 2.17. The summed E-state index contributed by atoms with van der Waals surface area (Å²) in [6, 6.07) is 98.8. The maximum absolute atomic E-state index is 2.39. The van der Waals surface area contributed by atoms with Crippen LogP contribution >= 0.6 is 22.7 Å². The Balaban J connectivity index is 0.000000141. The average Bonchev–Trinajstić information content (AvgIpc) is 4.20. The highest BCUT2D eigenvalue weighted by Crippen LogP contribution is 2.45. The summed E-state index contributed by atoms with van der Waals surface area (Å²) in [6.07, 6.45) is 0. The van der Waals surface area contributed by atoms with Crippen molar-refractivity contribution in [2.24, 2.45) is 0 Å². The first-order valence-electron chi connectivity index (χ1n) is 28.4. The molecule has 14 aromatic carbocycles. The third kappa shape index (κ3) is 8.66. The van der Waals surface area contributed by atoms with E-state index in [1.807, 2.05) is 22.7 Å². The van der Waals surface area contributed by atoms with Gasteiger partial charge in [-0.15, -0.1) is 22.7 Å². The van der Waals surface area contributed by atoms with Gasteiger partial charge in [0.25, 0.3) is 0 Å². The Bertz CT molecular complexity index is 5140. The van der Waals surface area contributed by atoms with Crippen molar-refractivity contribution in [1.82, 2.24) is 0 Å². The SMILES string of the molecule is Cc1cc(C)c(-c2ccc3cc(-c4ccc(-c5cccc6c5sc5ccccc56)cc4)c4ccccc4c3c2)c(C)c1.Cc1ccc(-c2ccc3cc(-c4ccc(-c5cccc6c5sc5ccccc56)cc4)c4ccccc4c3c2)cc1. The van der Waals surface area contributed by atoms with Gasteiger partial charge in [0.1, 0.15) is 0 Å². The maximum atomic E-state index is 2.39. The molecule has 0 spiro atoms. The predicted molar refractivity (Wildman–Crippen MR) is 360 cm³/mol. The van der Waals surface area contributed by atoms with E-state index in [9.17, 15) is 0 Å². The number of benzene rings is 14. The molecule has 2 aromatic heterocycles. The number of hydrogen-bond acceptors (Lipinski definition) is 2. The van der Waals surface area contributed by atoms with E-state index in [-0.39, 0.29) is 0 Å². The van der Waals surface area contributed by atoms with Crippen molar-refractivity contribution in [2.75, 3.05) is 0 Å². The molecule has 0 fully saturated rings. The molecule has 16 rings (SSSR count). The Morgan fingerprint density at radius 1 is 0.220 bits per heavy atom. The molecule has 0 aliphatic carbocycles. The van der Waals surface area contributed by atoms with E-state index in [1.54, 1.807) is 0 Å². The van der Waals surface area contributed by atoms with E-state index in [2.05, 4.69) is 295 Å². The van der Waals surface area contributed by atoms with Crippen molar-refractivity contribution in [3.05, 3.63) is 289 Å². The van der Waals surface area contributed by atoms with E-state index in [0.717, 1.165) is 0 Å². The summed E-state index contributed by atoms with van der Waals surface area (Å²) in [4.78, 5) is 0. The minimum atomic E-state index is 1.24. The summed E-state index contributed by atoms with van der Waals surface area (Å²) in [6.45, 7) is 8.77. The quantitative estimate of drug-likeness (QED) is 0.146. The van der Waals surface area contributed by atoms with Crippen LogP contribution in [0.4, 0.5) is 0 Å². The zero-order valence-corrected chi connectivity index (χ0v) is 47.9. The van der Waals surface area contributed by atoms with Crippen LogP contribution in [0, 0.1) is 27.7 Å². The van der Waals surface area contributed by atoms with E-state index in [0.29, 0.717) is 0 Å². The van der Waals surface area contributed by atoms with Crippen LogP contribution in [-0.2, 0) is 0 Å². The average molecular weight is 1080 g/mol. The first kappa shape index (κ1) is 49.6. The van der Waals surface area contributed by atoms with Gasteiger partial charge in [0.2, 0.25) is 0 Å². The van der Waals surface area contributed by atoms with Crippen molar-refractivity contribution in [1.29, 1.82) is 0 Å². The van der Waals surface area contributed by atoms with Crippen LogP contribution in [0.5, 0.6) is 0 Å². The lowest BCUT2D eigenvalue weighted by Crippen LogP contribution is -1.91. The second kappa shape index (κ2) is 20.3. The van der Waals surface area contributed by atoms with E-state index in [4.69, 9.17) is 0 Å². The summed E-state index contributed by atoms with van der Waals surface area (Å²) in [7, 11) is 0. The molecule has 0 N–H and O–H groups in total. The molecule has 0 amide bonds. The minimum Gasteiger partial charge on any atom is -0.135 e. The van der Waals surface area contributed by atoms with Gasteiger partial charge >= 0.3 is 0 Å². The van der Waals surface area contributed by atoms with Gasteiger partial charge in [-0.05, 0) is 185 Å². The summed E-state index contributed by atoms with van der Waals surface area (Å²) < 4.78 is 5.40. The van der Waals surface area contributed by atoms with Gasteiger partial charge < -0.3 is 0 Å². The standard InChI is InChI=1S/C41H30S.C39H26S/c1-25-21-26(2)40(27(3)22-25)31-20-19-30-23-37(33-9-4-5-10-34(33)38(30)24-31)29-17-15-28(16-18-29)32-12-8-13-36-35-11-6-7-14-39(35)42-41(32)36;1-25-13-15-26(16-14-25)29-21-22-30-24-36(32-7-2-3-8-33(32)37(30)23-29)28-19-17-27(18-20-28)31-10-6-11-35-34-9-4-5-12-38(34)40-39(31)35/h4-24H,1-3H3;2-24H,1H3. The Kier molecular flexibility index (Phi) is 12.3. The second-order valence-corrected chi connectivity index (χ2v) is 24.3. The molecule has 0 saturated carbocycles. The van der Waals surface area contributed by atoms with Crippen LogP contribution in [0.25, 0.3) is 150 Å². The zero-order chi connectivity index (χ0) is 55.0. The monoisotopic (exact) mass is 1080 g/mol. The Labute approximate surface area is 486 Å². The van der Waals surface area contributed by atoms with Crippen LogP contribution in [0.1, 0.15) is 22.3 Å². The zero-order valence-electron chi connectivity index (χ0n) is 46.2. The number of hydrogen-bond donors (Lipinski definition) is 0. The van der Waals surface area contributed by atoms with Crippen molar-refractivity contribution < 1.29 is 0 Å². The Hall–Kier alpha value is -9.44. The predicted octanol–water partition coefficient (Wildman–Crippen LogP) is 24.0. The van der Waals surface area contributed by atoms with Gasteiger partial charge in [0.05, 0.1) is 0 Å². The van der Waals surface area contributed by atoms with Crippen molar-refractivity contribution in [3.63, 3.8) is 0 Å². The van der Waals surface area contributed by atoms with Gasteiger partial charge in [0.15, 0.2) is 0 Å². The molecule has 16 aromatic rings. The lowest BCUT2D eigenvalue weighted by atomic mass is 9.89. The molecular formula is C80H56S2. The molecule has 0 nitrogen and oxygen atoms in total. The lowest BCUT2D eigenvalue weighted by molar-refractivity contribution is 1.32. The lowest BCUT2D eigenvalue weighted by Gasteiger charge is -2.15. The largest absolute Gasteiger partial charge is 0.135 e. The van der Waals surface area contributed by atoms with Crippen LogP contribution in [0.15, 0.2) is 267 Å². The summed E-state index contributed by atoms with van der Waals surface area (Å²) in [5, 5.41) is 15.7. The van der Waals surface area contributed by atoms with Crippen LogP contribution in [-0.4, -0.2) is 0 Å². The fraction of sp³-hybridized carbons (Fsp3) is 0.0500. The minimum absolute atomic E-state index is 1.24. The number of fused-ring (bicyclic) bond motifs is 12. The number of aryl methyl sites for hydroxylation is 4. The third-order valence-electron chi connectivity index (χ3n) is 16.9. The molecular weight excluding hydrogens is 1030 g/mol. The van der Waals surface area contributed by atoms with Crippen LogP contribution in [0.3, 0.4) is 0 Å². The Morgan fingerprint density at radius 3 is 1.06 bits per heavy atom. The highest BCUT2D eigenvalue weighted by atomic mass is 32.1. The van der Waals surface area contributed by atoms with Crippen LogP contribution in [0.2, 0.25) is 0 Å². The molecule has 0 unspecified atom stereocenters. The fourth-order valence-electron chi connectivity index (χ4n) is 13.0. The van der Waals surface area contributed by atoms with Gasteiger partial charge in [-0.25, -0.2) is 0 Å². The molecule has 0 radical (unpaired) electrons. The van der Waals surface area contributed by atoms with E-state index in [1.165, 1.54) is 172 Å².